The zero-order chi connectivity index (χ0) is 11.1. The van der Waals surface area contributed by atoms with Crippen LogP contribution in [0, 0.1) is 0 Å². The van der Waals surface area contributed by atoms with Crippen molar-refractivity contribution in [3.8, 4) is 0 Å². The van der Waals surface area contributed by atoms with Gasteiger partial charge in [-0.05, 0) is 50.3 Å². The smallest absolute Gasteiger partial charge is 0.0342 e. The van der Waals surface area contributed by atoms with E-state index in [1.165, 1.54) is 10.6 Å². The predicted molar refractivity (Wildman–Crippen MR) is 70.7 cm³/mol. The van der Waals surface area contributed by atoms with Crippen molar-refractivity contribution < 1.29 is 0 Å². The molecule has 1 nitrogen and oxygen atoms in total. The summed E-state index contributed by atoms with van der Waals surface area (Å²) in [6.07, 6.45) is 6.26. The summed E-state index contributed by atoms with van der Waals surface area (Å²) in [5.74, 6) is 0. The molecule has 0 aliphatic rings. The van der Waals surface area contributed by atoms with Crippen LogP contribution in [0.25, 0.3) is 0 Å². The highest BCUT2D eigenvalue weighted by molar-refractivity contribution is 7.98. The van der Waals surface area contributed by atoms with Gasteiger partial charge in [0, 0.05) is 16.6 Å². The number of nitrogens with one attached hydrogen (secondary N) is 1. The molecule has 0 spiro atoms. The van der Waals surface area contributed by atoms with Gasteiger partial charge >= 0.3 is 0 Å². The Hall–Kier alpha value is -0.890. The second kappa shape index (κ2) is 6.57. The molecule has 0 radical (unpaired) electrons. The van der Waals surface area contributed by atoms with Crippen LogP contribution in [0.5, 0.6) is 0 Å². The number of anilines is 1. The normalized spacial score (nSPS) is 12.1. The number of benzene rings is 1. The molecule has 1 atom stereocenters. The van der Waals surface area contributed by atoms with Crippen LogP contribution in [0.2, 0.25) is 0 Å². The quantitative estimate of drug-likeness (QED) is 0.571. The summed E-state index contributed by atoms with van der Waals surface area (Å²) in [5, 5.41) is 3.47. The highest BCUT2D eigenvalue weighted by atomic mass is 32.2. The molecule has 0 aliphatic carbocycles. The maximum absolute atomic E-state index is 3.73. The fourth-order valence-electron chi connectivity index (χ4n) is 1.41. The molecular weight excluding hydrogens is 202 g/mol. The topological polar surface area (TPSA) is 12.0 Å². The van der Waals surface area contributed by atoms with Crippen molar-refractivity contribution in [3.63, 3.8) is 0 Å². The van der Waals surface area contributed by atoms with Crippen LogP contribution in [0.3, 0.4) is 0 Å². The van der Waals surface area contributed by atoms with Crippen molar-refractivity contribution in [3.05, 3.63) is 36.9 Å². The maximum atomic E-state index is 3.73. The van der Waals surface area contributed by atoms with E-state index in [1.807, 2.05) is 6.08 Å². The van der Waals surface area contributed by atoms with E-state index >= 15 is 0 Å². The Morgan fingerprint density at radius 2 is 2.07 bits per heavy atom. The summed E-state index contributed by atoms with van der Waals surface area (Å²) >= 11 is 1.77. The molecule has 0 heterocycles. The molecule has 15 heavy (non-hydrogen) atoms. The van der Waals surface area contributed by atoms with Crippen LogP contribution in [-0.4, -0.2) is 12.3 Å². The molecule has 0 bridgehead atoms. The Labute approximate surface area is 97.0 Å². The Morgan fingerprint density at radius 1 is 1.40 bits per heavy atom. The van der Waals surface area contributed by atoms with Gasteiger partial charge in [0.05, 0.1) is 0 Å². The van der Waals surface area contributed by atoms with Crippen LogP contribution in [0.1, 0.15) is 19.8 Å². The zero-order valence-electron chi connectivity index (χ0n) is 9.49. The average Bonchev–Trinajstić information content (AvgIpc) is 2.27. The minimum Gasteiger partial charge on any atom is -0.383 e. The van der Waals surface area contributed by atoms with Gasteiger partial charge in [0.25, 0.3) is 0 Å². The van der Waals surface area contributed by atoms with E-state index in [1.54, 1.807) is 11.8 Å². The standard InChI is InChI=1S/C13H19NS/c1-4-5-6-11(2)14-12-7-9-13(15-3)10-8-12/h4,7-11,14H,1,5-6H2,2-3H3/t11-/m1/s1. The third-order valence-electron chi connectivity index (χ3n) is 2.31. The SMILES string of the molecule is C=CCC[C@@H](C)Nc1ccc(SC)cc1. The summed E-state index contributed by atoms with van der Waals surface area (Å²) in [6, 6.07) is 9.07. The molecule has 0 unspecified atom stereocenters. The monoisotopic (exact) mass is 221 g/mol. The second-order valence-electron chi connectivity index (χ2n) is 3.64. The molecule has 1 N–H and O–H groups in total. The Balaban J connectivity index is 2.45. The first-order valence-electron chi connectivity index (χ1n) is 5.27. The Bertz CT molecular complexity index is 292. The lowest BCUT2D eigenvalue weighted by Crippen LogP contribution is -2.14. The molecule has 0 saturated heterocycles. The van der Waals surface area contributed by atoms with Crippen LogP contribution in [0.4, 0.5) is 5.69 Å². The lowest BCUT2D eigenvalue weighted by Gasteiger charge is -2.14. The van der Waals surface area contributed by atoms with Crippen LogP contribution in [0.15, 0.2) is 41.8 Å². The van der Waals surface area contributed by atoms with Gasteiger partial charge in [0.15, 0.2) is 0 Å². The summed E-state index contributed by atoms with van der Waals surface area (Å²) in [4.78, 5) is 1.30. The molecule has 1 rings (SSSR count). The van der Waals surface area contributed by atoms with Crippen LogP contribution >= 0.6 is 11.8 Å². The highest BCUT2D eigenvalue weighted by Crippen LogP contribution is 2.18. The zero-order valence-corrected chi connectivity index (χ0v) is 10.3. The molecule has 0 aliphatic heterocycles. The maximum Gasteiger partial charge on any atom is 0.0342 e. The van der Waals surface area contributed by atoms with E-state index < -0.39 is 0 Å². The van der Waals surface area contributed by atoms with E-state index in [0.717, 1.165) is 12.8 Å². The summed E-state index contributed by atoms with van der Waals surface area (Å²) < 4.78 is 0. The Kier molecular flexibility index (Phi) is 5.33. The molecule has 0 fully saturated rings. The van der Waals surface area contributed by atoms with Gasteiger partial charge in [-0.25, -0.2) is 0 Å². The van der Waals surface area contributed by atoms with E-state index in [9.17, 15) is 0 Å². The number of hydrogen-bond acceptors (Lipinski definition) is 2. The number of hydrogen-bond donors (Lipinski definition) is 1. The molecule has 0 aromatic heterocycles. The molecule has 1 aromatic rings. The Morgan fingerprint density at radius 3 is 2.60 bits per heavy atom. The minimum absolute atomic E-state index is 0.503. The fraction of sp³-hybridized carbons (Fsp3) is 0.385. The van der Waals surface area contributed by atoms with Crippen molar-refractivity contribution in [2.75, 3.05) is 11.6 Å². The van der Waals surface area contributed by atoms with Crippen molar-refractivity contribution in [2.24, 2.45) is 0 Å². The lowest BCUT2D eigenvalue weighted by molar-refractivity contribution is 0.719. The fourth-order valence-corrected chi connectivity index (χ4v) is 1.82. The van der Waals surface area contributed by atoms with E-state index in [4.69, 9.17) is 0 Å². The first kappa shape index (κ1) is 12.2. The van der Waals surface area contributed by atoms with Gasteiger partial charge in [0.1, 0.15) is 0 Å². The van der Waals surface area contributed by atoms with Crippen molar-refractivity contribution in [1.82, 2.24) is 0 Å². The number of allylic oxidation sites excluding steroid dienone is 1. The van der Waals surface area contributed by atoms with Crippen molar-refractivity contribution >= 4 is 17.4 Å². The van der Waals surface area contributed by atoms with E-state index in [-0.39, 0.29) is 0 Å². The van der Waals surface area contributed by atoms with Gasteiger partial charge in [-0.2, -0.15) is 0 Å². The summed E-state index contributed by atoms with van der Waals surface area (Å²) in [5.41, 5.74) is 1.20. The van der Waals surface area contributed by atoms with Gasteiger partial charge < -0.3 is 5.32 Å². The third kappa shape index (κ3) is 4.43. The second-order valence-corrected chi connectivity index (χ2v) is 4.52. The highest BCUT2D eigenvalue weighted by Gasteiger charge is 2.00. The molecule has 0 amide bonds. The van der Waals surface area contributed by atoms with Crippen molar-refractivity contribution in [2.45, 2.75) is 30.7 Å². The van der Waals surface area contributed by atoms with Gasteiger partial charge in [-0.3, -0.25) is 0 Å². The predicted octanol–water partition coefficient (Wildman–Crippen LogP) is 4.18. The third-order valence-corrected chi connectivity index (χ3v) is 3.05. The molecule has 0 saturated carbocycles. The number of thioether (sulfide) groups is 1. The molecule has 2 heteroatoms. The van der Waals surface area contributed by atoms with Gasteiger partial charge in [-0.1, -0.05) is 6.08 Å². The number of rotatable bonds is 6. The lowest BCUT2D eigenvalue weighted by atomic mass is 10.1. The van der Waals surface area contributed by atoms with E-state index in [0.29, 0.717) is 6.04 Å². The average molecular weight is 221 g/mol. The summed E-state index contributed by atoms with van der Waals surface area (Å²) in [7, 11) is 0. The molecular formula is C13H19NS. The largest absolute Gasteiger partial charge is 0.383 e. The van der Waals surface area contributed by atoms with Crippen LogP contribution < -0.4 is 5.32 Å². The first-order valence-corrected chi connectivity index (χ1v) is 6.50. The van der Waals surface area contributed by atoms with Crippen molar-refractivity contribution in [1.29, 1.82) is 0 Å². The van der Waals surface area contributed by atoms with Gasteiger partial charge in [-0.15, -0.1) is 18.3 Å². The minimum atomic E-state index is 0.503. The first-order chi connectivity index (χ1) is 7.26. The van der Waals surface area contributed by atoms with E-state index in [2.05, 4.69) is 49.3 Å². The molecule has 82 valence electrons. The van der Waals surface area contributed by atoms with Crippen LogP contribution in [-0.2, 0) is 0 Å². The molecule has 1 aromatic carbocycles. The van der Waals surface area contributed by atoms with Gasteiger partial charge in [0.2, 0.25) is 0 Å². The summed E-state index contributed by atoms with van der Waals surface area (Å²) in [6.45, 7) is 5.93.